The van der Waals surface area contributed by atoms with Gasteiger partial charge >= 0.3 is 5.97 Å². The van der Waals surface area contributed by atoms with Crippen LogP contribution in [0.5, 0.6) is 0 Å². The number of hydrogen-bond donors (Lipinski definition) is 0. The van der Waals surface area contributed by atoms with Gasteiger partial charge in [0.05, 0.1) is 24.6 Å². The van der Waals surface area contributed by atoms with Gasteiger partial charge in [0.25, 0.3) is 0 Å². The summed E-state index contributed by atoms with van der Waals surface area (Å²) < 4.78 is 18.3. The van der Waals surface area contributed by atoms with Crippen LogP contribution in [-0.2, 0) is 9.53 Å². The van der Waals surface area contributed by atoms with E-state index in [0.717, 1.165) is 11.3 Å². The van der Waals surface area contributed by atoms with Gasteiger partial charge in [-0.2, -0.15) is 5.10 Å². The standard InChI is InChI=1S/C18H17FN2O2/c1-2-23-18(22)16-12-21(15-10-8-14(19)9-11-15)20-17(16)13-6-4-3-5-7-13/h3-11,16H,2,12H2,1H3. The van der Waals surface area contributed by atoms with Crippen molar-refractivity contribution in [3.05, 3.63) is 66.0 Å². The summed E-state index contributed by atoms with van der Waals surface area (Å²) in [6.07, 6.45) is 0. The molecule has 2 aromatic rings. The number of esters is 1. The van der Waals surface area contributed by atoms with Crippen LogP contribution < -0.4 is 5.01 Å². The number of benzene rings is 2. The van der Waals surface area contributed by atoms with Crippen LogP contribution in [0.1, 0.15) is 12.5 Å². The Morgan fingerprint density at radius 3 is 2.57 bits per heavy atom. The minimum atomic E-state index is -0.456. The number of ether oxygens (including phenoxy) is 1. The molecular formula is C18H17FN2O2. The number of carbonyl (C=O) groups is 1. The molecule has 0 saturated carbocycles. The average Bonchev–Trinajstić information content (AvgIpc) is 3.02. The first-order chi connectivity index (χ1) is 11.2. The van der Waals surface area contributed by atoms with Crippen LogP contribution >= 0.6 is 0 Å². The lowest BCUT2D eigenvalue weighted by atomic mass is 9.97. The minimum Gasteiger partial charge on any atom is -0.465 e. The number of anilines is 1. The van der Waals surface area contributed by atoms with Crippen LogP contribution in [0.15, 0.2) is 59.7 Å². The topological polar surface area (TPSA) is 41.9 Å². The van der Waals surface area contributed by atoms with E-state index >= 15 is 0 Å². The summed E-state index contributed by atoms with van der Waals surface area (Å²) in [6, 6.07) is 15.6. The molecule has 0 amide bonds. The van der Waals surface area contributed by atoms with E-state index in [1.165, 1.54) is 12.1 Å². The first kappa shape index (κ1) is 15.2. The zero-order valence-corrected chi connectivity index (χ0v) is 12.8. The Morgan fingerprint density at radius 2 is 1.91 bits per heavy atom. The molecule has 0 N–H and O–H groups in total. The molecule has 0 bridgehead atoms. The molecule has 0 saturated heterocycles. The van der Waals surface area contributed by atoms with Crippen LogP contribution in [0.25, 0.3) is 0 Å². The summed E-state index contributed by atoms with van der Waals surface area (Å²) in [4.78, 5) is 12.3. The smallest absolute Gasteiger partial charge is 0.317 e. The maximum atomic E-state index is 13.1. The van der Waals surface area contributed by atoms with Gasteiger partial charge in [-0.1, -0.05) is 30.3 Å². The Balaban J connectivity index is 1.94. The zero-order valence-electron chi connectivity index (χ0n) is 12.8. The molecule has 5 heteroatoms. The Morgan fingerprint density at radius 1 is 1.22 bits per heavy atom. The number of nitrogens with zero attached hydrogens (tertiary/aromatic N) is 2. The van der Waals surface area contributed by atoms with E-state index in [4.69, 9.17) is 4.74 Å². The summed E-state index contributed by atoms with van der Waals surface area (Å²) in [5.74, 6) is -1.05. The van der Waals surface area contributed by atoms with Crippen molar-refractivity contribution >= 4 is 17.4 Å². The van der Waals surface area contributed by atoms with Gasteiger partial charge in [-0.25, -0.2) is 4.39 Å². The third kappa shape index (κ3) is 3.23. The summed E-state index contributed by atoms with van der Waals surface area (Å²) in [7, 11) is 0. The molecule has 0 aliphatic carbocycles. The predicted octanol–water partition coefficient (Wildman–Crippen LogP) is 3.23. The lowest BCUT2D eigenvalue weighted by molar-refractivity contribution is -0.145. The van der Waals surface area contributed by atoms with Gasteiger partial charge in [-0.15, -0.1) is 0 Å². The molecule has 2 aromatic carbocycles. The number of rotatable bonds is 4. The lowest BCUT2D eigenvalue weighted by Gasteiger charge is -2.15. The Hall–Kier alpha value is -2.69. The van der Waals surface area contributed by atoms with Crippen LogP contribution in [0.2, 0.25) is 0 Å². The number of halogens is 1. The first-order valence-corrected chi connectivity index (χ1v) is 7.52. The second-order valence-electron chi connectivity index (χ2n) is 5.21. The molecule has 0 spiro atoms. The summed E-state index contributed by atoms with van der Waals surface area (Å²) in [5, 5.41) is 6.28. The van der Waals surface area contributed by atoms with E-state index in [0.29, 0.717) is 18.9 Å². The van der Waals surface area contributed by atoms with Gasteiger partial charge in [0, 0.05) is 0 Å². The fraction of sp³-hybridized carbons (Fsp3) is 0.222. The Bertz CT molecular complexity index is 714. The molecule has 3 rings (SSSR count). The predicted molar refractivity (Wildman–Crippen MR) is 86.8 cm³/mol. The molecule has 1 atom stereocenters. The quantitative estimate of drug-likeness (QED) is 0.814. The van der Waals surface area contributed by atoms with Gasteiger partial charge in [-0.3, -0.25) is 9.80 Å². The normalized spacial score (nSPS) is 17.0. The van der Waals surface area contributed by atoms with Gasteiger partial charge in [0.15, 0.2) is 0 Å². The van der Waals surface area contributed by atoms with E-state index in [9.17, 15) is 9.18 Å². The highest BCUT2D eigenvalue weighted by Gasteiger charge is 2.35. The summed E-state index contributed by atoms with van der Waals surface area (Å²) >= 11 is 0. The number of hydrazone groups is 1. The van der Waals surface area contributed by atoms with E-state index in [-0.39, 0.29) is 11.8 Å². The molecule has 4 nitrogen and oxygen atoms in total. The number of carbonyl (C=O) groups excluding carboxylic acids is 1. The van der Waals surface area contributed by atoms with E-state index in [1.54, 1.807) is 24.1 Å². The number of hydrogen-bond acceptors (Lipinski definition) is 4. The SMILES string of the molecule is CCOC(=O)C1CN(c2ccc(F)cc2)N=C1c1ccccc1. The minimum absolute atomic E-state index is 0.292. The summed E-state index contributed by atoms with van der Waals surface area (Å²) in [6.45, 7) is 2.49. The third-order valence-corrected chi connectivity index (χ3v) is 3.68. The average molecular weight is 312 g/mol. The lowest BCUT2D eigenvalue weighted by Crippen LogP contribution is -2.29. The van der Waals surface area contributed by atoms with Gasteiger partial charge < -0.3 is 4.74 Å². The van der Waals surface area contributed by atoms with E-state index in [2.05, 4.69) is 5.10 Å². The molecule has 1 aliphatic heterocycles. The van der Waals surface area contributed by atoms with Crippen LogP contribution in [0.4, 0.5) is 10.1 Å². The fourth-order valence-corrected chi connectivity index (χ4v) is 2.57. The first-order valence-electron chi connectivity index (χ1n) is 7.52. The van der Waals surface area contributed by atoms with E-state index in [1.807, 2.05) is 30.3 Å². The van der Waals surface area contributed by atoms with Gasteiger partial charge in [0.2, 0.25) is 0 Å². The van der Waals surface area contributed by atoms with Crippen molar-refractivity contribution < 1.29 is 13.9 Å². The van der Waals surface area contributed by atoms with E-state index < -0.39 is 5.92 Å². The van der Waals surface area contributed by atoms with Crippen molar-refractivity contribution in [2.75, 3.05) is 18.2 Å². The van der Waals surface area contributed by atoms with Crippen molar-refractivity contribution in [3.8, 4) is 0 Å². The molecule has 1 unspecified atom stereocenters. The maximum Gasteiger partial charge on any atom is 0.317 e. The second-order valence-corrected chi connectivity index (χ2v) is 5.21. The van der Waals surface area contributed by atoms with Crippen molar-refractivity contribution in [1.82, 2.24) is 0 Å². The van der Waals surface area contributed by atoms with Crippen molar-refractivity contribution in [1.29, 1.82) is 0 Å². The van der Waals surface area contributed by atoms with Crippen LogP contribution in [0.3, 0.4) is 0 Å². The maximum absolute atomic E-state index is 13.1. The third-order valence-electron chi connectivity index (χ3n) is 3.68. The zero-order chi connectivity index (χ0) is 16.2. The molecule has 0 fully saturated rings. The molecule has 0 radical (unpaired) electrons. The molecular weight excluding hydrogens is 295 g/mol. The van der Waals surface area contributed by atoms with Crippen LogP contribution in [-0.4, -0.2) is 24.8 Å². The van der Waals surface area contributed by atoms with Crippen molar-refractivity contribution in [2.24, 2.45) is 11.0 Å². The van der Waals surface area contributed by atoms with Gasteiger partial charge in [0.1, 0.15) is 11.7 Å². The van der Waals surface area contributed by atoms with Crippen molar-refractivity contribution in [2.45, 2.75) is 6.92 Å². The Labute approximate surface area is 134 Å². The molecule has 23 heavy (non-hydrogen) atoms. The highest BCUT2D eigenvalue weighted by molar-refractivity contribution is 6.13. The molecule has 118 valence electrons. The summed E-state index contributed by atoms with van der Waals surface area (Å²) in [5.41, 5.74) is 2.30. The molecule has 1 aliphatic rings. The monoisotopic (exact) mass is 312 g/mol. The highest BCUT2D eigenvalue weighted by Crippen LogP contribution is 2.26. The fourth-order valence-electron chi connectivity index (χ4n) is 2.57. The molecule has 0 aromatic heterocycles. The Kier molecular flexibility index (Phi) is 4.37. The van der Waals surface area contributed by atoms with Crippen LogP contribution in [0, 0.1) is 11.7 Å². The van der Waals surface area contributed by atoms with Crippen molar-refractivity contribution in [3.63, 3.8) is 0 Å². The second kappa shape index (κ2) is 6.60. The van der Waals surface area contributed by atoms with Gasteiger partial charge in [-0.05, 0) is 36.8 Å². The largest absolute Gasteiger partial charge is 0.465 e. The highest BCUT2D eigenvalue weighted by atomic mass is 19.1. The molecule has 1 heterocycles.